The molecule has 4 aromatic rings. The third-order valence-electron chi connectivity index (χ3n) is 5.83. The molecule has 0 atom stereocenters. The van der Waals surface area contributed by atoms with Gasteiger partial charge in [-0.15, -0.1) is 0 Å². The van der Waals surface area contributed by atoms with E-state index >= 15 is 0 Å². The number of hydrogen-bond donors (Lipinski definition) is 1. The third-order valence-corrected chi connectivity index (χ3v) is 5.83. The molecule has 1 aliphatic carbocycles. The molecule has 0 saturated heterocycles. The Hall–Kier alpha value is -3.51. The van der Waals surface area contributed by atoms with Crippen LogP contribution in [-0.2, 0) is 4.74 Å². The van der Waals surface area contributed by atoms with Crippen molar-refractivity contribution in [3.05, 3.63) is 72.6 Å². The van der Waals surface area contributed by atoms with Crippen LogP contribution in [0.3, 0.4) is 0 Å². The quantitative estimate of drug-likeness (QED) is 0.298. The molecule has 2 heterocycles. The smallest absolute Gasteiger partial charge is 0.180 e. The SMILES string of the molecule is COCCNc1nc(-c2ccccc2)cn2c(-c3ccc(C(=O)CC4CC4)cc3)cnc12. The highest BCUT2D eigenvalue weighted by molar-refractivity contribution is 5.96. The number of methoxy groups -OCH3 is 1. The molecule has 162 valence electrons. The standard InChI is InChI=1S/C26H26N4O2/c1-32-14-13-27-25-26-28-16-23(30(26)17-22(29-25)19-5-3-2-4-6-19)20-9-11-21(12-10-20)24(31)15-18-7-8-18/h2-6,9-12,16-18H,7-8,13-15H2,1H3,(H,27,29). The summed E-state index contributed by atoms with van der Waals surface area (Å²) in [5.41, 5.74) is 5.38. The number of carbonyl (C=O) groups is 1. The number of benzene rings is 2. The summed E-state index contributed by atoms with van der Waals surface area (Å²) >= 11 is 0. The van der Waals surface area contributed by atoms with Crippen LogP contribution in [0, 0.1) is 5.92 Å². The lowest BCUT2D eigenvalue weighted by molar-refractivity contribution is 0.0976. The highest BCUT2D eigenvalue weighted by atomic mass is 16.5. The monoisotopic (exact) mass is 426 g/mol. The van der Waals surface area contributed by atoms with Crippen molar-refractivity contribution in [1.29, 1.82) is 0 Å². The summed E-state index contributed by atoms with van der Waals surface area (Å²) in [5, 5.41) is 3.35. The van der Waals surface area contributed by atoms with Gasteiger partial charge in [0, 0.05) is 43.0 Å². The summed E-state index contributed by atoms with van der Waals surface area (Å²) < 4.78 is 7.24. The van der Waals surface area contributed by atoms with Crippen LogP contribution in [0.15, 0.2) is 67.0 Å². The Labute approximate surface area is 187 Å². The Balaban J connectivity index is 1.53. The number of nitrogens with one attached hydrogen (secondary N) is 1. The summed E-state index contributed by atoms with van der Waals surface area (Å²) in [4.78, 5) is 21.9. The molecule has 0 unspecified atom stereocenters. The van der Waals surface area contributed by atoms with Crippen molar-refractivity contribution < 1.29 is 9.53 Å². The highest BCUT2D eigenvalue weighted by Gasteiger charge is 2.25. The van der Waals surface area contributed by atoms with Crippen LogP contribution < -0.4 is 5.32 Å². The van der Waals surface area contributed by atoms with Gasteiger partial charge in [0.05, 0.1) is 24.2 Å². The number of carbonyl (C=O) groups excluding carboxylic acids is 1. The summed E-state index contributed by atoms with van der Waals surface area (Å²) in [6.45, 7) is 1.21. The largest absolute Gasteiger partial charge is 0.383 e. The minimum atomic E-state index is 0.234. The first kappa shape index (κ1) is 20.4. The van der Waals surface area contributed by atoms with Gasteiger partial charge in [-0.05, 0) is 18.8 Å². The number of ketones is 1. The Kier molecular flexibility index (Phi) is 5.69. The van der Waals surface area contributed by atoms with Crippen LogP contribution in [0.25, 0.3) is 28.2 Å². The summed E-state index contributed by atoms with van der Waals surface area (Å²) in [7, 11) is 1.68. The van der Waals surface area contributed by atoms with Gasteiger partial charge >= 0.3 is 0 Å². The number of Topliss-reactive ketones (excluding diaryl/α,β-unsaturated/α-hetero) is 1. The molecule has 6 nitrogen and oxygen atoms in total. The van der Waals surface area contributed by atoms with Crippen molar-refractivity contribution in [3.63, 3.8) is 0 Å². The molecule has 1 fully saturated rings. The lowest BCUT2D eigenvalue weighted by atomic mass is 10.0. The average Bonchev–Trinajstić information content (AvgIpc) is 3.54. The molecule has 2 aromatic carbocycles. The summed E-state index contributed by atoms with van der Waals surface area (Å²) in [6.07, 6.45) is 6.90. The van der Waals surface area contributed by atoms with Crippen LogP contribution >= 0.6 is 0 Å². The maximum atomic E-state index is 12.4. The van der Waals surface area contributed by atoms with Gasteiger partial charge in [-0.2, -0.15) is 0 Å². The van der Waals surface area contributed by atoms with E-state index in [-0.39, 0.29) is 5.78 Å². The second kappa shape index (κ2) is 8.93. The fourth-order valence-corrected chi connectivity index (χ4v) is 3.87. The zero-order chi connectivity index (χ0) is 21.9. The lowest BCUT2D eigenvalue weighted by Crippen LogP contribution is -2.11. The van der Waals surface area contributed by atoms with Crippen molar-refractivity contribution in [1.82, 2.24) is 14.4 Å². The Morgan fingerprint density at radius 1 is 1.09 bits per heavy atom. The zero-order valence-corrected chi connectivity index (χ0v) is 18.1. The van der Waals surface area contributed by atoms with E-state index < -0.39 is 0 Å². The lowest BCUT2D eigenvalue weighted by Gasteiger charge is -2.11. The number of nitrogens with zero attached hydrogens (tertiary/aromatic N) is 3. The van der Waals surface area contributed by atoms with E-state index in [9.17, 15) is 4.79 Å². The summed E-state index contributed by atoms with van der Waals surface area (Å²) in [6, 6.07) is 18.0. The molecule has 1 aliphatic rings. The molecule has 1 saturated carbocycles. The van der Waals surface area contributed by atoms with Gasteiger partial charge in [0.25, 0.3) is 0 Å². The van der Waals surface area contributed by atoms with Crippen molar-refractivity contribution in [2.45, 2.75) is 19.3 Å². The van der Waals surface area contributed by atoms with Gasteiger partial charge in [0.15, 0.2) is 17.2 Å². The molecule has 32 heavy (non-hydrogen) atoms. The van der Waals surface area contributed by atoms with Crippen molar-refractivity contribution in [3.8, 4) is 22.5 Å². The predicted octanol–water partition coefficient (Wildman–Crippen LogP) is 5.10. The van der Waals surface area contributed by atoms with E-state index in [0.717, 1.165) is 33.7 Å². The van der Waals surface area contributed by atoms with Gasteiger partial charge in [-0.1, -0.05) is 54.6 Å². The number of ether oxygens (including phenoxy) is 1. The Morgan fingerprint density at radius 2 is 1.88 bits per heavy atom. The second-order valence-electron chi connectivity index (χ2n) is 8.25. The first-order valence-electron chi connectivity index (χ1n) is 11.0. The highest BCUT2D eigenvalue weighted by Crippen LogP contribution is 2.34. The Morgan fingerprint density at radius 3 is 2.59 bits per heavy atom. The van der Waals surface area contributed by atoms with E-state index in [2.05, 4.69) is 14.7 Å². The Bertz CT molecular complexity index is 1230. The van der Waals surface area contributed by atoms with Gasteiger partial charge in [-0.25, -0.2) is 9.97 Å². The number of imidazole rings is 1. The number of aromatic nitrogens is 3. The first-order valence-corrected chi connectivity index (χ1v) is 11.0. The predicted molar refractivity (Wildman–Crippen MR) is 126 cm³/mol. The van der Waals surface area contributed by atoms with Crippen LogP contribution in [0.5, 0.6) is 0 Å². The van der Waals surface area contributed by atoms with Crippen molar-refractivity contribution in [2.24, 2.45) is 5.92 Å². The fraction of sp³-hybridized carbons (Fsp3) is 0.269. The fourth-order valence-electron chi connectivity index (χ4n) is 3.87. The van der Waals surface area contributed by atoms with Gasteiger partial charge in [0.1, 0.15) is 0 Å². The van der Waals surface area contributed by atoms with Crippen molar-refractivity contribution >= 4 is 17.2 Å². The minimum absolute atomic E-state index is 0.234. The van der Waals surface area contributed by atoms with Gasteiger partial charge in [0.2, 0.25) is 0 Å². The van der Waals surface area contributed by atoms with Crippen molar-refractivity contribution in [2.75, 3.05) is 25.6 Å². The van der Waals surface area contributed by atoms with Crippen LogP contribution in [-0.4, -0.2) is 40.4 Å². The minimum Gasteiger partial charge on any atom is -0.383 e. The zero-order valence-electron chi connectivity index (χ0n) is 18.1. The molecular weight excluding hydrogens is 400 g/mol. The van der Waals surface area contributed by atoms with E-state index in [1.807, 2.05) is 67.0 Å². The first-order chi connectivity index (χ1) is 15.7. The number of hydrogen-bond acceptors (Lipinski definition) is 5. The molecular formula is C26H26N4O2. The van der Waals surface area contributed by atoms with Crippen LogP contribution in [0.4, 0.5) is 5.82 Å². The maximum absolute atomic E-state index is 12.4. The normalized spacial score (nSPS) is 13.4. The number of fused-ring (bicyclic) bond motifs is 1. The summed E-state index contributed by atoms with van der Waals surface area (Å²) in [5.74, 6) is 1.54. The topological polar surface area (TPSA) is 68.5 Å². The van der Waals surface area contributed by atoms with E-state index in [1.54, 1.807) is 7.11 Å². The maximum Gasteiger partial charge on any atom is 0.180 e. The second-order valence-corrected chi connectivity index (χ2v) is 8.25. The van der Waals surface area contributed by atoms with E-state index in [1.165, 1.54) is 12.8 Å². The molecule has 6 heteroatoms. The molecule has 0 radical (unpaired) electrons. The number of rotatable bonds is 9. The number of anilines is 1. The molecule has 2 aromatic heterocycles. The molecule has 0 aliphatic heterocycles. The van der Waals surface area contributed by atoms with Gasteiger partial charge in [-0.3, -0.25) is 9.20 Å². The third kappa shape index (κ3) is 4.27. The molecule has 0 bridgehead atoms. The molecule has 1 N–H and O–H groups in total. The molecule has 5 rings (SSSR count). The van der Waals surface area contributed by atoms with E-state index in [0.29, 0.717) is 31.3 Å². The average molecular weight is 427 g/mol. The van der Waals surface area contributed by atoms with Crippen LogP contribution in [0.2, 0.25) is 0 Å². The molecule has 0 amide bonds. The molecule has 0 spiro atoms. The van der Waals surface area contributed by atoms with Crippen LogP contribution in [0.1, 0.15) is 29.6 Å². The van der Waals surface area contributed by atoms with Gasteiger partial charge < -0.3 is 10.1 Å². The van der Waals surface area contributed by atoms with E-state index in [4.69, 9.17) is 9.72 Å².